The minimum absolute atomic E-state index is 0.0331. The number of halogens is 1. The van der Waals surface area contributed by atoms with Crippen molar-refractivity contribution in [3.8, 4) is 0 Å². The van der Waals surface area contributed by atoms with Gasteiger partial charge in [0.25, 0.3) is 5.91 Å². The third-order valence-electron chi connectivity index (χ3n) is 5.81. The smallest absolute Gasteiger partial charge is 0.257 e. The van der Waals surface area contributed by atoms with Gasteiger partial charge in [0.15, 0.2) is 0 Å². The van der Waals surface area contributed by atoms with Crippen LogP contribution in [0.25, 0.3) is 0 Å². The first-order valence-electron chi connectivity index (χ1n) is 10.3. The fraction of sp³-hybridized carbons (Fsp3) is 0.391. The van der Waals surface area contributed by atoms with Crippen LogP contribution in [-0.4, -0.2) is 65.7 Å². The number of benzene rings is 2. The zero-order chi connectivity index (χ0) is 20.2. The Balaban J connectivity index is 1.55. The van der Waals surface area contributed by atoms with Crippen molar-refractivity contribution in [1.29, 1.82) is 0 Å². The van der Waals surface area contributed by atoms with E-state index < -0.39 is 0 Å². The second kappa shape index (κ2) is 9.08. The molecule has 2 heterocycles. The highest BCUT2D eigenvalue weighted by Crippen LogP contribution is 2.36. The summed E-state index contributed by atoms with van der Waals surface area (Å²) in [7, 11) is 0. The Hall–Kier alpha value is -2.21. The third kappa shape index (κ3) is 4.53. The minimum atomic E-state index is -0.164. The molecule has 0 bridgehead atoms. The van der Waals surface area contributed by atoms with Crippen molar-refractivity contribution in [2.45, 2.75) is 19.4 Å². The zero-order valence-electron chi connectivity index (χ0n) is 16.8. The summed E-state index contributed by atoms with van der Waals surface area (Å²) in [6.07, 6.45) is 0.670. The molecule has 0 aromatic heterocycles. The molecule has 2 aliphatic heterocycles. The first-order valence-corrected chi connectivity index (χ1v) is 10.7. The maximum atomic E-state index is 13.3. The van der Waals surface area contributed by atoms with Gasteiger partial charge in [0, 0.05) is 37.6 Å². The van der Waals surface area contributed by atoms with Gasteiger partial charge in [-0.05, 0) is 23.7 Å². The maximum Gasteiger partial charge on any atom is 0.257 e. The second-order valence-electron chi connectivity index (χ2n) is 7.60. The maximum absolute atomic E-state index is 13.3. The summed E-state index contributed by atoms with van der Waals surface area (Å²) in [5, 5.41) is 7.10. The van der Waals surface area contributed by atoms with Crippen molar-refractivity contribution in [3.05, 3.63) is 70.7 Å². The third-order valence-corrected chi connectivity index (χ3v) is 6.15. The highest BCUT2D eigenvalue weighted by molar-refractivity contribution is 6.31. The molecule has 0 saturated carbocycles. The number of carbonyl (C=O) groups excluding carboxylic acids is 1. The van der Waals surface area contributed by atoms with Crippen LogP contribution in [0.1, 0.15) is 30.5 Å². The van der Waals surface area contributed by atoms with Crippen LogP contribution in [-0.2, 0) is 4.79 Å². The standard InChI is InChI=1S/C23H27ClN4O/c1-2-26-12-14-27(15-13-26)17-23(29)28-22(19-10-6-7-11-20(19)24)16-21(25-28)18-8-4-3-5-9-18/h3-11,22H,2,12-17H2,1H3. The molecular formula is C23H27ClN4O. The number of amides is 1. The molecule has 5 nitrogen and oxygen atoms in total. The van der Waals surface area contributed by atoms with Crippen LogP contribution in [0.5, 0.6) is 0 Å². The Morgan fingerprint density at radius 1 is 1.00 bits per heavy atom. The van der Waals surface area contributed by atoms with E-state index in [1.165, 1.54) is 0 Å². The minimum Gasteiger partial charge on any atom is -0.301 e. The molecule has 0 radical (unpaired) electrons. The first-order chi connectivity index (χ1) is 14.2. The highest BCUT2D eigenvalue weighted by atomic mass is 35.5. The van der Waals surface area contributed by atoms with Crippen molar-refractivity contribution >= 4 is 23.2 Å². The van der Waals surface area contributed by atoms with E-state index in [0.29, 0.717) is 18.0 Å². The average Bonchev–Trinajstić information content (AvgIpc) is 3.21. The van der Waals surface area contributed by atoms with Gasteiger partial charge in [0.2, 0.25) is 0 Å². The van der Waals surface area contributed by atoms with Gasteiger partial charge >= 0.3 is 0 Å². The van der Waals surface area contributed by atoms with E-state index in [2.05, 4.69) is 16.7 Å². The summed E-state index contributed by atoms with van der Waals surface area (Å²) in [6, 6.07) is 17.7. The van der Waals surface area contributed by atoms with Crippen LogP contribution < -0.4 is 0 Å². The summed E-state index contributed by atoms with van der Waals surface area (Å²) in [6.45, 7) is 7.49. The first kappa shape index (κ1) is 20.1. The predicted octanol–water partition coefficient (Wildman–Crippen LogP) is 3.66. The van der Waals surface area contributed by atoms with Gasteiger partial charge in [-0.25, -0.2) is 5.01 Å². The van der Waals surface area contributed by atoms with Crippen molar-refractivity contribution in [2.24, 2.45) is 5.10 Å². The Morgan fingerprint density at radius 3 is 2.34 bits per heavy atom. The van der Waals surface area contributed by atoms with Gasteiger partial charge in [0.1, 0.15) is 0 Å². The van der Waals surface area contributed by atoms with Crippen LogP contribution in [0.2, 0.25) is 5.02 Å². The van der Waals surface area contributed by atoms with E-state index in [1.54, 1.807) is 5.01 Å². The SMILES string of the molecule is CCN1CCN(CC(=O)N2N=C(c3ccccc3)CC2c2ccccc2Cl)CC1. The predicted molar refractivity (Wildman–Crippen MR) is 117 cm³/mol. The topological polar surface area (TPSA) is 39.1 Å². The van der Waals surface area contributed by atoms with Crippen molar-refractivity contribution in [1.82, 2.24) is 14.8 Å². The molecule has 2 aromatic rings. The highest BCUT2D eigenvalue weighted by Gasteiger charge is 2.35. The number of nitrogens with zero attached hydrogens (tertiary/aromatic N) is 4. The molecule has 4 rings (SSSR count). The van der Waals surface area contributed by atoms with E-state index in [0.717, 1.165) is 49.6 Å². The summed E-state index contributed by atoms with van der Waals surface area (Å²) < 4.78 is 0. The number of hydrogen-bond donors (Lipinski definition) is 0. The van der Waals surface area contributed by atoms with Gasteiger partial charge in [-0.2, -0.15) is 5.10 Å². The van der Waals surface area contributed by atoms with Crippen LogP contribution in [0.4, 0.5) is 0 Å². The van der Waals surface area contributed by atoms with Crippen LogP contribution >= 0.6 is 11.6 Å². The molecule has 1 saturated heterocycles. The Labute approximate surface area is 177 Å². The molecular weight excluding hydrogens is 384 g/mol. The molecule has 0 N–H and O–H groups in total. The fourth-order valence-corrected chi connectivity index (χ4v) is 4.32. The van der Waals surface area contributed by atoms with E-state index in [4.69, 9.17) is 16.7 Å². The monoisotopic (exact) mass is 410 g/mol. The molecule has 1 atom stereocenters. The normalized spacial score (nSPS) is 20.7. The number of hydrazone groups is 1. The molecule has 29 heavy (non-hydrogen) atoms. The number of likely N-dealkylation sites (N-methyl/N-ethyl adjacent to an activating group) is 1. The number of rotatable bonds is 5. The van der Waals surface area contributed by atoms with Crippen molar-refractivity contribution in [3.63, 3.8) is 0 Å². The van der Waals surface area contributed by atoms with Crippen molar-refractivity contribution < 1.29 is 4.79 Å². The largest absolute Gasteiger partial charge is 0.301 e. The van der Waals surface area contributed by atoms with E-state index in [9.17, 15) is 4.79 Å². The molecule has 1 fully saturated rings. The molecule has 6 heteroatoms. The Kier molecular flexibility index (Phi) is 6.28. The van der Waals surface area contributed by atoms with Gasteiger partial charge in [0.05, 0.1) is 18.3 Å². The molecule has 0 aliphatic carbocycles. The number of carbonyl (C=O) groups is 1. The molecule has 152 valence electrons. The van der Waals surface area contributed by atoms with Gasteiger partial charge in [-0.3, -0.25) is 9.69 Å². The van der Waals surface area contributed by atoms with Crippen LogP contribution in [0.3, 0.4) is 0 Å². The summed E-state index contributed by atoms with van der Waals surface area (Å²) in [4.78, 5) is 17.9. The molecule has 1 amide bonds. The molecule has 2 aliphatic rings. The zero-order valence-corrected chi connectivity index (χ0v) is 17.6. The summed E-state index contributed by atoms with van der Waals surface area (Å²) >= 11 is 6.49. The Bertz CT molecular complexity index is 877. The lowest BCUT2D eigenvalue weighted by molar-refractivity contribution is -0.134. The lowest BCUT2D eigenvalue weighted by atomic mass is 9.98. The molecule has 2 aromatic carbocycles. The number of hydrogen-bond acceptors (Lipinski definition) is 4. The van der Waals surface area contributed by atoms with Gasteiger partial charge in [-0.1, -0.05) is 67.1 Å². The fourth-order valence-electron chi connectivity index (χ4n) is 4.06. The van der Waals surface area contributed by atoms with Gasteiger partial charge in [-0.15, -0.1) is 0 Å². The van der Waals surface area contributed by atoms with Crippen LogP contribution in [0, 0.1) is 0 Å². The lowest BCUT2D eigenvalue weighted by Gasteiger charge is -2.34. The summed E-state index contributed by atoms with van der Waals surface area (Å²) in [5.41, 5.74) is 2.93. The van der Waals surface area contributed by atoms with E-state index >= 15 is 0 Å². The number of piperazine rings is 1. The molecule has 0 spiro atoms. The van der Waals surface area contributed by atoms with Gasteiger partial charge < -0.3 is 4.90 Å². The Morgan fingerprint density at radius 2 is 1.66 bits per heavy atom. The lowest BCUT2D eigenvalue weighted by Crippen LogP contribution is -2.49. The molecule has 1 unspecified atom stereocenters. The summed E-state index contributed by atoms with van der Waals surface area (Å²) in [5.74, 6) is 0.0331. The van der Waals surface area contributed by atoms with Crippen LogP contribution in [0.15, 0.2) is 59.7 Å². The van der Waals surface area contributed by atoms with E-state index in [1.807, 2.05) is 54.6 Å². The second-order valence-corrected chi connectivity index (χ2v) is 8.01. The quantitative estimate of drug-likeness (QED) is 0.755. The average molecular weight is 411 g/mol. The van der Waals surface area contributed by atoms with Crippen molar-refractivity contribution in [2.75, 3.05) is 39.3 Å². The van der Waals surface area contributed by atoms with E-state index in [-0.39, 0.29) is 11.9 Å².